The van der Waals surface area contributed by atoms with E-state index in [2.05, 4.69) is 26.1 Å². The summed E-state index contributed by atoms with van der Waals surface area (Å²) >= 11 is 9.47. The van der Waals surface area contributed by atoms with Gasteiger partial charge >= 0.3 is 0 Å². The minimum absolute atomic E-state index is 0.173. The van der Waals surface area contributed by atoms with E-state index >= 15 is 0 Å². The number of halogens is 2. The Morgan fingerprint density at radius 1 is 1.14 bits per heavy atom. The molecule has 0 aliphatic rings. The van der Waals surface area contributed by atoms with Gasteiger partial charge in [0.2, 0.25) is 5.89 Å². The van der Waals surface area contributed by atoms with Gasteiger partial charge in [-0.1, -0.05) is 33.6 Å². The second-order valence-corrected chi connectivity index (χ2v) is 6.05. The quantitative estimate of drug-likeness (QED) is 0.637. The van der Waals surface area contributed by atoms with E-state index in [-0.39, 0.29) is 6.61 Å². The lowest BCUT2D eigenvalue weighted by atomic mass is 10.2. The van der Waals surface area contributed by atoms with Crippen LogP contribution in [0.15, 0.2) is 51.4 Å². The van der Waals surface area contributed by atoms with Gasteiger partial charge < -0.3 is 9.15 Å². The molecule has 1 heterocycles. The van der Waals surface area contributed by atoms with Crippen molar-refractivity contribution in [2.75, 3.05) is 0 Å². The Morgan fingerprint density at radius 3 is 2.68 bits per heavy atom. The topological polar surface area (TPSA) is 48.2 Å². The zero-order valence-electron chi connectivity index (χ0n) is 11.7. The first-order valence-corrected chi connectivity index (χ1v) is 7.76. The van der Waals surface area contributed by atoms with Gasteiger partial charge in [-0.2, -0.15) is 0 Å². The van der Waals surface area contributed by atoms with Crippen molar-refractivity contribution in [1.29, 1.82) is 0 Å². The Bertz CT molecular complexity index is 787. The van der Waals surface area contributed by atoms with Crippen LogP contribution in [-0.2, 0) is 6.61 Å². The van der Waals surface area contributed by atoms with Crippen molar-refractivity contribution in [3.8, 4) is 17.2 Å². The molecule has 0 N–H and O–H groups in total. The maximum Gasteiger partial charge on any atom is 0.254 e. The monoisotopic (exact) mass is 378 g/mol. The van der Waals surface area contributed by atoms with Crippen LogP contribution >= 0.6 is 27.5 Å². The lowest BCUT2D eigenvalue weighted by Crippen LogP contribution is -1.96. The van der Waals surface area contributed by atoms with Crippen molar-refractivity contribution in [3.63, 3.8) is 0 Å². The first-order chi connectivity index (χ1) is 10.6. The van der Waals surface area contributed by atoms with Crippen molar-refractivity contribution in [1.82, 2.24) is 10.2 Å². The summed E-state index contributed by atoms with van der Waals surface area (Å²) in [7, 11) is 0. The molecule has 0 aliphatic heterocycles. The normalized spacial score (nSPS) is 10.7. The van der Waals surface area contributed by atoms with E-state index in [9.17, 15) is 0 Å². The molecular weight excluding hydrogens is 368 g/mol. The van der Waals surface area contributed by atoms with E-state index in [0.717, 1.165) is 15.6 Å². The van der Waals surface area contributed by atoms with Crippen LogP contribution in [-0.4, -0.2) is 10.2 Å². The lowest BCUT2D eigenvalue weighted by molar-refractivity contribution is 0.264. The van der Waals surface area contributed by atoms with E-state index in [4.69, 9.17) is 20.8 Å². The average molecular weight is 380 g/mol. The van der Waals surface area contributed by atoms with Crippen LogP contribution in [0.3, 0.4) is 0 Å². The van der Waals surface area contributed by atoms with Gasteiger partial charge in [0.15, 0.2) is 6.61 Å². The third-order valence-electron chi connectivity index (χ3n) is 3.00. The maximum absolute atomic E-state index is 6.08. The summed E-state index contributed by atoms with van der Waals surface area (Å²) < 4.78 is 12.2. The number of nitrogens with zero attached hydrogens (tertiary/aromatic N) is 2. The summed E-state index contributed by atoms with van der Waals surface area (Å²) in [5.74, 6) is 1.46. The lowest BCUT2D eigenvalue weighted by Gasteiger charge is -2.06. The molecule has 0 aliphatic carbocycles. The van der Waals surface area contributed by atoms with Crippen molar-refractivity contribution in [2.24, 2.45) is 0 Å². The molecule has 0 bridgehead atoms. The standard InChI is InChI=1S/C16H12BrClN2O2/c1-10-2-7-13(18)14(8-10)21-9-15-19-20-16(22-15)11-3-5-12(17)6-4-11/h2-8H,9H2,1H3. The third kappa shape index (κ3) is 3.48. The molecule has 0 atom stereocenters. The predicted molar refractivity (Wildman–Crippen MR) is 88.0 cm³/mol. The Kier molecular flexibility index (Phi) is 4.45. The van der Waals surface area contributed by atoms with E-state index in [1.807, 2.05) is 43.3 Å². The summed E-state index contributed by atoms with van der Waals surface area (Å²) in [5, 5.41) is 8.56. The Hall–Kier alpha value is -1.85. The molecule has 1 aromatic heterocycles. The number of rotatable bonds is 4. The molecule has 0 fully saturated rings. The van der Waals surface area contributed by atoms with Crippen LogP contribution in [0, 0.1) is 6.92 Å². The summed E-state index contributed by atoms with van der Waals surface area (Å²) in [4.78, 5) is 0. The fourth-order valence-electron chi connectivity index (χ4n) is 1.88. The SMILES string of the molecule is Cc1ccc(Cl)c(OCc2nnc(-c3ccc(Br)cc3)o2)c1. The highest BCUT2D eigenvalue weighted by Gasteiger charge is 2.10. The summed E-state index contributed by atoms with van der Waals surface area (Å²) in [6.07, 6.45) is 0. The van der Waals surface area contributed by atoms with Gasteiger partial charge in [-0.25, -0.2) is 0 Å². The van der Waals surface area contributed by atoms with Gasteiger partial charge in [-0.05, 0) is 48.9 Å². The molecule has 0 spiro atoms. The molecule has 112 valence electrons. The minimum Gasteiger partial charge on any atom is -0.482 e. The molecule has 3 rings (SSSR count). The van der Waals surface area contributed by atoms with Crippen LogP contribution in [0.1, 0.15) is 11.5 Å². The van der Waals surface area contributed by atoms with Gasteiger partial charge in [0, 0.05) is 10.0 Å². The second kappa shape index (κ2) is 6.50. The highest BCUT2D eigenvalue weighted by atomic mass is 79.9. The first-order valence-electron chi connectivity index (χ1n) is 6.59. The Balaban J connectivity index is 1.72. The zero-order chi connectivity index (χ0) is 15.5. The highest BCUT2D eigenvalue weighted by Crippen LogP contribution is 2.26. The summed E-state index contributed by atoms with van der Waals surface area (Å²) in [5.41, 5.74) is 1.93. The van der Waals surface area contributed by atoms with Crippen LogP contribution in [0.4, 0.5) is 0 Å². The van der Waals surface area contributed by atoms with Crippen LogP contribution in [0.2, 0.25) is 5.02 Å². The number of hydrogen-bond acceptors (Lipinski definition) is 4. The first kappa shape index (κ1) is 15.1. The van der Waals surface area contributed by atoms with E-state index < -0.39 is 0 Å². The molecule has 0 saturated heterocycles. The van der Waals surface area contributed by atoms with Gasteiger partial charge in [-0.15, -0.1) is 10.2 Å². The molecule has 0 unspecified atom stereocenters. The van der Waals surface area contributed by atoms with E-state index in [0.29, 0.717) is 22.6 Å². The zero-order valence-corrected chi connectivity index (χ0v) is 14.1. The van der Waals surface area contributed by atoms with Gasteiger partial charge in [0.1, 0.15) is 5.75 Å². The average Bonchev–Trinajstić information content (AvgIpc) is 2.98. The third-order valence-corrected chi connectivity index (χ3v) is 3.84. The van der Waals surface area contributed by atoms with Crippen molar-refractivity contribution in [2.45, 2.75) is 13.5 Å². The molecule has 0 amide bonds. The molecule has 2 aromatic carbocycles. The van der Waals surface area contributed by atoms with Crippen LogP contribution < -0.4 is 4.74 Å². The number of hydrogen-bond donors (Lipinski definition) is 0. The largest absolute Gasteiger partial charge is 0.482 e. The molecule has 3 aromatic rings. The Labute approximate surface area is 141 Å². The number of ether oxygens (including phenoxy) is 1. The molecule has 6 heteroatoms. The molecule has 0 radical (unpaired) electrons. The maximum atomic E-state index is 6.08. The van der Waals surface area contributed by atoms with Crippen molar-refractivity contribution >= 4 is 27.5 Å². The number of benzene rings is 2. The molecule has 0 saturated carbocycles. The molecule has 22 heavy (non-hydrogen) atoms. The van der Waals surface area contributed by atoms with Crippen molar-refractivity contribution < 1.29 is 9.15 Å². The smallest absolute Gasteiger partial charge is 0.254 e. The minimum atomic E-state index is 0.173. The van der Waals surface area contributed by atoms with Gasteiger partial charge in [0.25, 0.3) is 5.89 Å². The van der Waals surface area contributed by atoms with Gasteiger partial charge in [0.05, 0.1) is 5.02 Å². The number of aromatic nitrogens is 2. The van der Waals surface area contributed by atoms with E-state index in [1.54, 1.807) is 6.07 Å². The fraction of sp³-hybridized carbons (Fsp3) is 0.125. The van der Waals surface area contributed by atoms with Crippen molar-refractivity contribution in [3.05, 3.63) is 63.4 Å². The highest BCUT2D eigenvalue weighted by molar-refractivity contribution is 9.10. The second-order valence-electron chi connectivity index (χ2n) is 4.73. The number of aryl methyl sites for hydroxylation is 1. The molecule has 4 nitrogen and oxygen atoms in total. The summed E-state index contributed by atoms with van der Waals surface area (Å²) in [6.45, 7) is 2.15. The Morgan fingerprint density at radius 2 is 1.91 bits per heavy atom. The fourth-order valence-corrected chi connectivity index (χ4v) is 2.32. The predicted octanol–water partition coefficient (Wildman–Crippen LogP) is 5.04. The van der Waals surface area contributed by atoms with Crippen LogP contribution in [0.25, 0.3) is 11.5 Å². The molecular formula is C16H12BrClN2O2. The van der Waals surface area contributed by atoms with Crippen LogP contribution in [0.5, 0.6) is 5.75 Å². The van der Waals surface area contributed by atoms with E-state index in [1.165, 1.54) is 0 Å². The summed E-state index contributed by atoms with van der Waals surface area (Å²) in [6, 6.07) is 13.2. The van der Waals surface area contributed by atoms with Gasteiger partial charge in [-0.3, -0.25) is 0 Å².